The number of amides is 1. The number of methoxy groups -OCH3 is 1. The summed E-state index contributed by atoms with van der Waals surface area (Å²) in [5, 5.41) is 3.23. The number of rotatable bonds is 47. The minimum atomic E-state index is -0.243. The molecular weight excluding hydrogens is 735 g/mol. The number of hydrogen-bond donors (Lipinski definition) is 1. The van der Waals surface area contributed by atoms with Gasteiger partial charge in [-0.15, -0.1) is 0 Å². The van der Waals surface area contributed by atoms with Crippen LogP contribution in [-0.4, -0.2) is 55.2 Å². The van der Waals surface area contributed by atoms with Crippen LogP contribution in [0.1, 0.15) is 279 Å². The van der Waals surface area contributed by atoms with Crippen LogP contribution in [0.15, 0.2) is 0 Å². The molecule has 0 heterocycles. The summed E-state index contributed by atoms with van der Waals surface area (Å²) >= 11 is 1.41. The van der Waals surface area contributed by atoms with Crippen LogP contribution in [0.4, 0.5) is 4.79 Å². The maximum absolute atomic E-state index is 12.9. The van der Waals surface area contributed by atoms with Gasteiger partial charge in [0.1, 0.15) is 0 Å². The molecule has 0 aromatic heterocycles. The molecule has 0 saturated carbocycles. The average Bonchev–Trinajstić information content (AvgIpc) is 3.21. The molecule has 0 aliphatic rings. The second kappa shape index (κ2) is 43.4. The molecule has 0 saturated heterocycles. The third-order valence-electron chi connectivity index (χ3n) is 12.8. The number of carbonyl (C=O) groups is 1. The Morgan fingerprint density at radius 3 is 1.28 bits per heavy atom. The Morgan fingerprint density at radius 1 is 0.517 bits per heavy atom. The fraction of sp³-hybridized carbons (Fsp3) is 0.981. The van der Waals surface area contributed by atoms with Gasteiger partial charge < -0.3 is 19.5 Å². The zero-order valence-electron chi connectivity index (χ0n) is 40.6. The maximum Gasteiger partial charge on any atom is 0.279 e. The molecule has 0 aromatic rings. The molecule has 0 aromatic carbocycles. The van der Waals surface area contributed by atoms with Crippen molar-refractivity contribution in [1.29, 1.82) is 0 Å². The Hall–Kier alpha value is -0.300. The van der Waals surface area contributed by atoms with Gasteiger partial charge >= 0.3 is 0 Å². The van der Waals surface area contributed by atoms with Gasteiger partial charge in [0.2, 0.25) is 0 Å². The maximum atomic E-state index is 12.9. The van der Waals surface area contributed by atoms with E-state index < -0.39 is 0 Å². The zero-order valence-corrected chi connectivity index (χ0v) is 41.4. The molecule has 1 N–H and O–H groups in total. The minimum absolute atomic E-state index is 0.0670. The van der Waals surface area contributed by atoms with Gasteiger partial charge in [0.05, 0.1) is 23.9 Å². The summed E-state index contributed by atoms with van der Waals surface area (Å²) in [4.78, 5) is 12.9. The van der Waals surface area contributed by atoms with Crippen molar-refractivity contribution in [3.63, 3.8) is 0 Å². The van der Waals surface area contributed by atoms with Crippen LogP contribution in [0.2, 0.25) is 0 Å². The van der Waals surface area contributed by atoms with Crippen molar-refractivity contribution in [1.82, 2.24) is 5.32 Å². The van der Waals surface area contributed by atoms with E-state index in [-0.39, 0.29) is 22.5 Å². The van der Waals surface area contributed by atoms with E-state index in [0.717, 1.165) is 44.5 Å². The Kier molecular flexibility index (Phi) is 43.1. The molecule has 0 aliphatic carbocycles. The predicted octanol–water partition coefficient (Wildman–Crippen LogP) is 17.5. The second-order valence-electron chi connectivity index (χ2n) is 18.9. The van der Waals surface area contributed by atoms with Gasteiger partial charge in [-0.05, 0) is 52.9 Å². The standard InChI is InChI=1S/C52H105NO4S/c1-8-11-13-15-17-19-21-23-25-27-28-30-32-34-36-38-40-42-49(48-58-50(54)53-45-43-52(6,10-3)57-47-44-51(4,5)55-7)56-46-41-39-37-35-33-31-29-26-24-22-20-18-16-14-12-9-2/h49H,8-48H2,1-7H3,(H,53,54). The number of carbonyl (C=O) groups excluding carboxylic acids is 1. The molecular formula is C52H105NO4S. The first kappa shape index (κ1) is 57.7. The van der Waals surface area contributed by atoms with Gasteiger partial charge in [-0.25, -0.2) is 0 Å². The summed E-state index contributed by atoms with van der Waals surface area (Å²) < 4.78 is 18.3. The largest absolute Gasteiger partial charge is 0.379 e. The van der Waals surface area contributed by atoms with Crippen LogP contribution in [-0.2, 0) is 14.2 Å². The number of ether oxygens (including phenoxy) is 3. The molecule has 58 heavy (non-hydrogen) atoms. The lowest BCUT2D eigenvalue weighted by molar-refractivity contribution is -0.0708. The van der Waals surface area contributed by atoms with E-state index >= 15 is 0 Å². The summed E-state index contributed by atoms with van der Waals surface area (Å²) in [7, 11) is 1.75. The Labute approximate surface area is 369 Å². The van der Waals surface area contributed by atoms with Crippen LogP contribution in [0.5, 0.6) is 0 Å². The Bertz CT molecular complexity index is 802. The van der Waals surface area contributed by atoms with Gasteiger partial charge in [0.25, 0.3) is 5.24 Å². The van der Waals surface area contributed by atoms with Crippen LogP contribution >= 0.6 is 11.8 Å². The molecule has 0 fully saturated rings. The van der Waals surface area contributed by atoms with Crippen molar-refractivity contribution < 1.29 is 19.0 Å². The molecule has 2 unspecified atom stereocenters. The lowest BCUT2D eigenvalue weighted by Gasteiger charge is -2.31. The van der Waals surface area contributed by atoms with E-state index in [2.05, 4.69) is 46.9 Å². The van der Waals surface area contributed by atoms with Crippen molar-refractivity contribution >= 4 is 17.0 Å². The fourth-order valence-electron chi connectivity index (χ4n) is 7.86. The summed E-state index contributed by atoms with van der Waals surface area (Å²) in [6, 6.07) is 0. The van der Waals surface area contributed by atoms with E-state index in [1.165, 1.54) is 217 Å². The van der Waals surface area contributed by atoms with Crippen molar-refractivity contribution in [2.45, 2.75) is 296 Å². The third kappa shape index (κ3) is 41.1. The highest BCUT2D eigenvalue weighted by atomic mass is 32.2. The molecule has 1 amide bonds. The van der Waals surface area contributed by atoms with Gasteiger partial charge in [-0.3, -0.25) is 4.79 Å². The highest BCUT2D eigenvalue weighted by Crippen LogP contribution is 2.23. The smallest absolute Gasteiger partial charge is 0.279 e. The Balaban J connectivity index is 4.31. The molecule has 0 spiro atoms. The minimum Gasteiger partial charge on any atom is -0.379 e. The van der Waals surface area contributed by atoms with Gasteiger partial charge in [0.15, 0.2) is 0 Å². The monoisotopic (exact) mass is 840 g/mol. The number of nitrogens with one attached hydrogen (secondary N) is 1. The summed E-state index contributed by atoms with van der Waals surface area (Å²) in [6.07, 6.45) is 49.7. The summed E-state index contributed by atoms with van der Waals surface area (Å²) in [5.41, 5.74) is -0.427. The molecule has 348 valence electrons. The molecule has 0 rings (SSSR count). The van der Waals surface area contributed by atoms with Gasteiger partial charge in [0, 0.05) is 26.0 Å². The fourth-order valence-corrected chi connectivity index (χ4v) is 8.66. The summed E-state index contributed by atoms with van der Waals surface area (Å²) in [5.74, 6) is 0.747. The van der Waals surface area contributed by atoms with Crippen LogP contribution in [0.25, 0.3) is 0 Å². The van der Waals surface area contributed by atoms with Crippen molar-refractivity contribution in [3.05, 3.63) is 0 Å². The van der Waals surface area contributed by atoms with Gasteiger partial charge in [-0.2, -0.15) is 0 Å². The van der Waals surface area contributed by atoms with E-state index in [1.807, 2.05) is 0 Å². The molecule has 5 nitrogen and oxygen atoms in total. The van der Waals surface area contributed by atoms with Crippen molar-refractivity contribution in [3.8, 4) is 0 Å². The van der Waals surface area contributed by atoms with Crippen LogP contribution in [0.3, 0.4) is 0 Å². The van der Waals surface area contributed by atoms with Gasteiger partial charge in [-0.1, -0.05) is 238 Å². The lowest BCUT2D eigenvalue weighted by atomic mass is 9.98. The average molecular weight is 840 g/mol. The quantitative estimate of drug-likeness (QED) is 0.0619. The predicted molar refractivity (Wildman–Crippen MR) is 259 cm³/mol. The Morgan fingerprint density at radius 2 is 0.897 bits per heavy atom. The second-order valence-corrected chi connectivity index (χ2v) is 19.9. The SMILES string of the molecule is CCCCCCCCCCCCCCCCCCCC(CSC(=O)NCCC(C)(CC)OCCC(C)(C)OC)OCCCCCCCCCCCCCCCCCC. The molecule has 0 aliphatic heterocycles. The van der Waals surface area contributed by atoms with Crippen LogP contribution < -0.4 is 5.32 Å². The normalized spacial score (nSPS) is 13.6. The molecule has 6 heteroatoms. The zero-order chi connectivity index (χ0) is 42.7. The van der Waals surface area contributed by atoms with Crippen LogP contribution in [0, 0.1) is 0 Å². The topological polar surface area (TPSA) is 56.8 Å². The number of hydrogen-bond acceptors (Lipinski definition) is 5. The third-order valence-corrected chi connectivity index (χ3v) is 13.7. The summed E-state index contributed by atoms with van der Waals surface area (Å²) in [6.45, 7) is 15.2. The van der Waals surface area contributed by atoms with E-state index in [1.54, 1.807) is 7.11 Å². The van der Waals surface area contributed by atoms with E-state index in [4.69, 9.17) is 14.2 Å². The molecule has 0 bridgehead atoms. The first-order chi connectivity index (χ1) is 28.2. The lowest BCUT2D eigenvalue weighted by Crippen LogP contribution is -2.35. The van der Waals surface area contributed by atoms with Crippen molar-refractivity contribution in [2.24, 2.45) is 0 Å². The number of thioether (sulfide) groups is 1. The molecule has 0 radical (unpaired) electrons. The van der Waals surface area contributed by atoms with Crippen molar-refractivity contribution in [2.75, 3.05) is 32.6 Å². The first-order valence-corrected chi connectivity index (χ1v) is 26.9. The molecule has 2 atom stereocenters. The number of unbranched alkanes of at least 4 members (excludes halogenated alkanes) is 31. The highest BCUT2D eigenvalue weighted by Gasteiger charge is 2.25. The highest BCUT2D eigenvalue weighted by molar-refractivity contribution is 8.13. The first-order valence-electron chi connectivity index (χ1n) is 25.9. The van der Waals surface area contributed by atoms with E-state index in [9.17, 15) is 4.79 Å². The van der Waals surface area contributed by atoms with E-state index in [0.29, 0.717) is 13.2 Å².